The van der Waals surface area contributed by atoms with Gasteiger partial charge in [-0.05, 0) is 44.0 Å². The highest BCUT2D eigenvalue weighted by molar-refractivity contribution is 9.11. The highest BCUT2D eigenvalue weighted by atomic mass is 79.9. The van der Waals surface area contributed by atoms with E-state index in [4.69, 9.17) is 5.73 Å². The summed E-state index contributed by atoms with van der Waals surface area (Å²) in [6.45, 7) is 2.02. The summed E-state index contributed by atoms with van der Waals surface area (Å²) in [7, 11) is -3.54. The molecule has 0 saturated heterocycles. The summed E-state index contributed by atoms with van der Waals surface area (Å²) in [5, 5.41) is 0. The Bertz CT molecular complexity index is 467. The van der Waals surface area contributed by atoms with Crippen LogP contribution in [-0.2, 0) is 10.2 Å². The molecule has 1 aromatic carbocycles. The van der Waals surface area contributed by atoms with Crippen LogP contribution in [0.4, 0.5) is 11.4 Å². The van der Waals surface area contributed by atoms with Gasteiger partial charge in [-0.1, -0.05) is 6.92 Å². The molecule has 8 heteroatoms. The van der Waals surface area contributed by atoms with Crippen LogP contribution in [0.5, 0.6) is 0 Å². The van der Waals surface area contributed by atoms with Crippen LogP contribution in [-0.4, -0.2) is 15.0 Å². The lowest BCUT2D eigenvalue weighted by Gasteiger charge is -2.12. The van der Waals surface area contributed by atoms with Crippen molar-refractivity contribution in [1.29, 1.82) is 0 Å². The maximum absolute atomic E-state index is 11.5. The van der Waals surface area contributed by atoms with Crippen LogP contribution >= 0.6 is 31.9 Å². The van der Waals surface area contributed by atoms with Gasteiger partial charge in [-0.15, -0.1) is 0 Å². The fourth-order valence-electron chi connectivity index (χ4n) is 1.05. The van der Waals surface area contributed by atoms with E-state index in [1.165, 1.54) is 0 Å². The quantitative estimate of drug-likeness (QED) is 0.707. The number of anilines is 2. The molecule has 0 fully saturated rings. The van der Waals surface area contributed by atoms with Crippen LogP contribution in [0.25, 0.3) is 0 Å². The van der Waals surface area contributed by atoms with E-state index in [0.717, 1.165) is 0 Å². The van der Waals surface area contributed by atoms with Crippen LogP contribution in [0.2, 0.25) is 0 Å². The Morgan fingerprint density at radius 2 is 1.81 bits per heavy atom. The average Bonchev–Trinajstić information content (AvgIpc) is 2.11. The smallest absolute Gasteiger partial charge is 0.299 e. The lowest BCUT2D eigenvalue weighted by molar-refractivity contribution is 0.589. The Labute approximate surface area is 111 Å². The Morgan fingerprint density at radius 3 is 2.25 bits per heavy atom. The molecule has 0 bridgehead atoms. The van der Waals surface area contributed by atoms with E-state index in [1.54, 1.807) is 19.1 Å². The molecule has 0 spiro atoms. The van der Waals surface area contributed by atoms with Crippen molar-refractivity contribution < 1.29 is 8.42 Å². The molecular formula is C8H11Br2N3O2S. The van der Waals surface area contributed by atoms with Crippen LogP contribution < -0.4 is 15.2 Å². The summed E-state index contributed by atoms with van der Waals surface area (Å²) in [5.74, 6) is 0. The molecule has 4 N–H and O–H groups in total. The second-order valence-electron chi connectivity index (χ2n) is 2.96. The van der Waals surface area contributed by atoms with Crippen molar-refractivity contribution in [2.24, 2.45) is 0 Å². The lowest BCUT2D eigenvalue weighted by atomic mass is 10.3. The van der Waals surface area contributed by atoms with E-state index in [9.17, 15) is 8.42 Å². The Balaban J connectivity index is 3.07. The molecule has 5 nitrogen and oxygen atoms in total. The first-order chi connectivity index (χ1) is 7.35. The predicted octanol–water partition coefficient (Wildman–Crippen LogP) is 2.06. The Hall–Kier alpha value is -0.310. The summed E-state index contributed by atoms with van der Waals surface area (Å²) in [6.07, 6.45) is 0. The minimum atomic E-state index is -3.54. The number of nitrogens with two attached hydrogens (primary N) is 1. The summed E-state index contributed by atoms with van der Waals surface area (Å²) in [6, 6.07) is 3.24. The van der Waals surface area contributed by atoms with E-state index in [0.29, 0.717) is 26.9 Å². The van der Waals surface area contributed by atoms with E-state index in [-0.39, 0.29) is 0 Å². The van der Waals surface area contributed by atoms with Crippen molar-refractivity contribution in [3.63, 3.8) is 0 Å². The topological polar surface area (TPSA) is 84.2 Å². The molecule has 0 amide bonds. The molecule has 0 heterocycles. The molecule has 16 heavy (non-hydrogen) atoms. The average molecular weight is 373 g/mol. The van der Waals surface area contributed by atoms with E-state index in [2.05, 4.69) is 41.3 Å². The second-order valence-corrected chi connectivity index (χ2v) is 6.17. The molecule has 0 aliphatic carbocycles. The summed E-state index contributed by atoms with van der Waals surface area (Å²) in [5.41, 5.74) is 6.54. The summed E-state index contributed by atoms with van der Waals surface area (Å²) >= 11 is 6.47. The number of halogens is 2. The van der Waals surface area contributed by atoms with Gasteiger partial charge in [-0.2, -0.15) is 13.1 Å². The van der Waals surface area contributed by atoms with Gasteiger partial charge in [0.05, 0.1) is 5.69 Å². The van der Waals surface area contributed by atoms with Crippen LogP contribution in [0.15, 0.2) is 21.1 Å². The first kappa shape index (κ1) is 13.8. The Kier molecular flexibility index (Phi) is 4.60. The normalized spacial score (nSPS) is 11.4. The Morgan fingerprint density at radius 1 is 1.31 bits per heavy atom. The zero-order valence-electron chi connectivity index (χ0n) is 8.42. The van der Waals surface area contributed by atoms with Crippen LogP contribution in [0.3, 0.4) is 0 Å². The predicted molar refractivity (Wildman–Crippen MR) is 72.5 cm³/mol. The molecule has 0 aromatic heterocycles. The van der Waals surface area contributed by atoms with Gasteiger partial charge in [-0.3, -0.25) is 4.72 Å². The maximum Gasteiger partial charge on any atom is 0.299 e. The monoisotopic (exact) mass is 371 g/mol. The fraction of sp³-hybridized carbons (Fsp3) is 0.250. The minimum absolute atomic E-state index is 0.319. The zero-order chi connectivity index (χ0) is 12.3. The third-order valence-corrected chi connectivity index (χ3v) is 4.03. The molecule has 0 unspecified atom stereocenters. The number of nitrogen functional groups attached to an aromatic ring is 1. The van der Waals surface area contributed by atoms with Crippen LogP contribution in [0, 0.1) is 0 Å². The third-order valence-electron chi connectivity index (χ3n) is 1.64. The molecule has 0 atom stereocenters. The lowest BCUT2D eigenvalue weighted by Crippen LogP contribution is -2.30. The maximum atomic E-state index is 11.5. The summed E-state index contributed by atoms with van der Waals surface area (Å²) < 4.78 is 28.9. The molecular weight excluding hydrogens is 362 g/mol. The van der Waals surface area contributed by atoms with Gasteiger partial charge in [0, 0.05) is 21.2 Å². The fourth-order valence-corrected chi connectivity index (χ4v) is 3.67. The highest BCUT2D eigenvalue weighted by Gasteiger charge is 2.13. The molecule has 0 aliphatic rings. The second kappa shape index (κ2) is 5.35. The van der Waals surface area contributed by atoms with E-state index in [1.807, 2.05) is 0 Å². The largest absolute Gasteiger partial charge is 0.399 e. The zero-order valence-corrected chi connectivity index (χ0v) is 12.4. The molecule has 1 aromatic rings. The van der Waals surface area contributed by atoms with Crippen molar-refractivity contribution in [3.05, 3.63) is 21.1 Å². The van der Waals surface area contributed by atoms with E-state index < -0.39 is 10.2 Å². The molecule has 0 saturated carbocycles. The van der Waals surface area contributed by atoms with Gasteiger partial charge in [0.1, 0.15) is 0 Å². The van der Waals surface area contributed by atoms with Crippen molar-refractivity contribution in [1.82, 2.24) is 4.72 Å². The first-order valence-electron chi connectivity index (χ1n) is 4.37. The van der Waals surface area contributed by atoms with Gasteiger partial charge in [0.25, 0.3) is 10.2 Å². The van der Waals surface area contributed by atoms with Gasteiger partial charge >= 0.3 is 0 Å². The van der Waals surface area contributed by atoms with Crippen molar-refractivity contribution in [3.8, 4) is 0 Å². The minimum Gasteiger partial charge on any atom is -0.399 e. The number of benzene rings is 1. The summed E-state index contributed by atoms with van der Waals surface area (Å²) in [4.78, 5) is 0. The van der Waals surface area contributed by atoms with Crippen molar-refractivity contribution >= 4 is 53.4 Å². The van der Waals surface area contributed by atoms with Gasteiger partial charge in [-0.25, -0.2) is 0 Å². The molecule has 1 rings (SSSR count). The standard InChI is InChI=1S/C8H11Br2N3O2S/c1-2-12-16(14,15)13-8-6(9)3-5(11)4-7(8)10/h3-4,12-13H,2,11H2,1H3. The molecule has 0 radical (unpaired) electrons. The number of nitrogens with one attached hydrogen (secondary N) is 2. The van der Waals surface area contributed by atoms with Crippen molar-refractivity contribution in [2.75, 3.05) is 17.0 Å². The molecule has 90 valence electrons. The highest BCUT2D eigenvalue weighted by Crippen LogP contribution is 2.33. The molecule has 0 aliphatic heterocycles. The SMILES string of the molecule is CCNS(=O)(=O)Nc1c(Br)cc(N)cc1Br. The number of rotatable bonds is 4. The number of hydrogen-bond acceptors (Lipinski definition) is 3. The first-order valence-corrected chi connectivity index (χ1v) is 7.44. The third kappa shape index (κ3) is 3.62. The van der Waals surface area contributed by atoms with Crippen molar-refractivity contribution in [2.45, 2.75) is 6.92 Å². The van der Waals surface area contributed by atoms with Gasteiger partial charge < -0.3 is 5.73 Å². The van der Waals surface area contributed by atoms with E-state index >= 15 is 0 Å². The van der Waals surface area contributed by atoms with Crippen LogP contribution in [0.1, 0.15) is 6.92 Å². The van der Waals surface area contributed by atoms with Gasteiger partial charge in [0.15, 0.2) is 0 Å². The van der Waals surface area contributed by atoms with Gasteiger partial charge in [0.2, 0.25) is 0 Å². The number of hydrogen-bond donors (Lipinski definition) is 3.